The van der Waals surface area contributed by atoms with Crippen molar-refractivity contribution in [2.24, 2.45) is 0 Å². The Labute approximate surface area is 192 Å². The number of carbonyl (C=O) groups is 1. The molecule has 2 heterocycles. The average molecular weight is 474 g/mol. The average Bonchev–Trinajstić information content (AvgIpc) is 3.16. The molecule has 0 unspecified atom stereocenters. The van der Waals surface area contributed by atoms with Crippen molar-refractivity contribution in [3.8, 4) is 11.4 Å². The van der Waals surface area contributed by atoms with Crippen molar-refractivity contribution in [2.75, 3.05) is 5.32 Å². The maximum absolute atomic E-state index is 13.2. The minimum Gasteiger partial charge on any atom is -0.478 e. The number of anilines is 1. The molecule has 4 rings (SSSR count). The maximum atomic E-state index is 13.2. The highest BCUT2D eigenvalue weighted by Gasteiger charge is 2.36. The van der Waals surface area contributed by atoms with Crippen LogP contribution in [0.2, 0.25) is 5.02 Å². The van der Waals surface area contributed by atoms with Gasteiger partial charge < -0.3 is 10.1 Å². The molecule has 1 aliphatic heterocycles. The van der Waals surface area contributed by atoms with Crippen molar-refractivity contribution in [1.82, 2.24) is 9.78 Å². The molecule has 3 aromatic rings. The molecule has 0 aliphatic carbocycles. The van der Waals surface area contributed by atoms with Crippen LogP contribution >= 0.6 is 11.6 Å². The summed E-state index contributed by atoms with van der Waals surface area (Å²) < 4.78 is 31.9. The normalized spacial score (nSPS) is 14.8. The van der Waals surface area contributed by atoms with Crippen molar-refractivity contribution in [2.45, 2.75) is 44.8 Å². The molecule has 32 heavy (non-hydrogen) atoms. The minimum atomic E-state index is -3.30. The Kier molecular flexibility index (Phi) is 5.55. The molecular formula is C23H24ClN3O4S. The maximum Gasteiger partial charge on any atom is 0.269 e. The molecule has 9 heteroatoms. The number of halogens is 1. The third kappa shape index (κ3) is 4.38. The molecule has 0 bridgehead atoms. The zero-order chi connectivity index (χ0) is 23.3. The van der Waals surface area contributed by atoms with Crippen LogP contribution in [0, 0.1) is 13.8 Å². The second kappa shape index (κ2) is 7.94. The summed E-state index contributed by atoms with van der Waals surface area (Å²) in [6.45, 7) is 7.23. The molecule has 1 aliphatic rings. The van der Waals surface area contributed by atoms with Crippen LogP contribution in [0.25, 0.3) is 5.69 Å². The second-order valence-electron chi connectivity index (χ2n) is 8.53. The number of hydrogen-bond acceptors (Lipinski definition) is 5. The summed E-state index contributed by atoms with van der Waals surface area (Å²) in [6.07, 6.45) is 0. The molecule has 1 aromatic heterocycles. The molecule has 0 radical (unpaired) electrons. The Morgan fingerprint density at radius 3 is 2.47 bits per heavy atom. The van der Waals surface area contributed by atoms with Crippen molar-refractivity contribution in [3.63, 3.8) is 0 Å². The first-order valence-corrected chi connectivity index (χ1v) is 12.3. The quantitative estimate of drug-likeness (QED) is 0.594. The zero-order valence-electron chi connectivity index (χ0n) is 18.3. The van der Waals surface area contributed by atoms with Crippen LogP contribution in [0.1, 0.15) is 36.2 Å². The van der Waals surface area contributed by atoms with E-state index < -0.39 is 21.3 Å². The summed E-state index contributed by atoms with van der Waals surface area (Å²) in [6, 6.07) is 12.6. The number of amides is 1. The van der Waals surface area contributed by atoms with Crippen LogP contribution < -0.4 is 10.1 Å². The lowest BCUT2D eigenvalue weighted by atomic mass is 10.1. The highest BCUT2D eigenvalue weighted by molar-refractivity contribution is 7.90. The number of ether oxygens (including phenoxy) is 1. The van der Waals surface area contributed by atoms with Crippen LogP contribution in [0.5, 0.6) is 5.75 Å². The number of nitrogens with one attached hydrogen (secondary N) is 1. The van der Waals surface area contributed by atoms with Gasteiger partial charge in [0.1, 0.15) is 11.6 Å². The van der Waals surface area contributed by atoms with Gasteiger partial charge in [0.2, 0.25) is 0 Å². The number of sulfone groups is 1. The van der Waals surface area contributed by atoms with Gasteiger partial charge in [-0.3, -0.25) is 4.79 Å². The van der Waals surface area contributed by atoms with E-state index in [1.165, 1.54) is 0 Å². The predicted octanol–water partition coefficient (Wildman–Crippen LogP) is 4.37. The zero-order valence-corrected chi connectivity index (χ0v) is 19.8. The van der Waals surface area contributed by atoms with E-state index in [0.29, 0.717) is 27.8 Å². The fourth-order valence-corrected chi connectivity index (χ4v) is 5.31. The van der Waals surface area contributed by atoms with Crippen molar-refractivity contribution in [3.05, 3.63) is 69.9 Å². The number of aromatic nitrogens is 2. The number of carbonyl (C=O) groups excluding carboxylic acids is 1. The van der Waals surface area contributed by atoms with E-state index in [2.05, 4.69) is 10.4 Å². The van der Waals surface area contributed by atoms with Crippen molar-refractivity contribution in [1.29, 1.82) is 0 Å². The Balaban J connectivity index is 1.70. The molecule has 0 atom stereocenters. The van der Waals surface area contributed by atoms with Crippen LogP contribution in [0.3, 0.4) is 0 Å². The van der Waals surface area contributed by atoms with E-state index in [1.807, 2.05) is 32.0 Å². The van der Waals surface area contributed by atoms with Crippen molar-refractivity contribution >= 4 is 33.2 Å². The monoisotopic (exact) mass is 473 g/mol. The number of hydrogen-bond donors (Lipinski definition) is 1. The highest BCUT2D eigenvalue weighted by Crippen LogP contribution is 2.34. The third-order valence-corrected chi connectivity index (χ3v) is 7.03. The Hall–Kier alpha value is -2.84. The van der Waals surface area contributed by atoms with Gasteiger partial charge in [0, 0.05) is 10.6 Å². The first-order chi connectivity index (χ1) is 14.9. The third-order valence-electron chi connectivity index (χ3n) is 5.33. The number of fused-ring (bicyclic) bond motifs is 1. The molecule has 7 nitrogen and oxygen atoms in total. The van der Waals surface area contributed by atoms with Gasteiger partial charge in [-0.25, -0.2) is 13.1 Å². The summed E-state index contributed by atoms with van der Waals surface area (Å²) in [5.41, 5.74) is 2.56. The van der Waals surface area contributed by atoms with Gasteiger partial charge in [0.15, 0.2) is 15.4 Å². The van der Waals surface area contributed by atoms with Crippen LogP contribution in [0.15, 0.2) is 42.5 Å². The summed E-state index contributed by atoms with van der Waals surface area (Å²) in [5.74, 6) is 0.108. The number of aryl methyl sites for hydroxylation is 2. The van der Waals surface area contributed by atoms with Crippen LogP contribution in [0.4, 0.5) is 5.82 Å². The van der Waals surface area contributed by atoms with Crippen LogP contribution in [-0.4, -0.2) is 29.7 Å². The van der Waals surface area contributed by atoms with Crippen molar-refractivity contribution < 1.29 is 17.9 Å². The van der Waals surface area contributed by atoms with Crippen LogP contribution in [-0.2, 0) is 26.1 Å². The van der Waals surface area contributed by atoms with Gasteiger partial charge in [0.25, 0.3) is 5.91 Å². The van der Waals surface area contributed by atoms with E-state index in [1.54, 1.807) is 42.8 Å². The number of benzene rings is 2. The Morgan fingerprint density at radius 2 is 1.81 bits per heavy atom. The van der Waals surface area contributed by atoms with Gasteiger partial charge in [-0.15, -0.1) is 0 Å². The lowest BCUT2D eigenvalue weighted by Gasteiger charge is -2.26. The molecule has 0 fully saturated rings. The van der Waals surface area contributed by atoms with E-state index >= 15 is 0 Å². The molecular weight excluding hydrogens is 450 g/mol. The fraction of sp³-hybridized carbons (Fsp3) is 0.304. The number of nitrogens with zero attached hydrogens (tertiary/aromatic N) is 2. The van der Waals surface area contributed by atoms with E-state index in [4.69, 9.17) is 16.3 Å². The molecule has 0 saturated carbocycles. The van der Waals surface area contributed by atoms with Gasteiger partial charge in [-0.1, -0.05) is 29.3 Å². The van der Waals surface area contributed by atoms with Gasteiger partial charge in [-0.2, -0.15) is 5.10 Å². The van der Waals surface area contributed by atoms with E-state index in [9.17, 15) is 13.2 Å². The van der Waals surface area contributed by atoms with E-state index in [0.717, 1.165) is 16.8 Å². The summed E-state index contributed by atoms with van der Waals surface area (Å²) >= 11 is 5.92. The topological polar surface area (TPSA) is 90.3 Å². The molecule has 1 N–H and O–H groups in total. The smallest absolute Gasteiger partial charge is 0.269 e. The SMILES string of the molecule is Cc1ccc(-n2nc3c(c2NC(=O)C(C)(C)Oc2ccc(Cl)cc2)CS(=O)(=O)C3)c(C)c1. The fourth-order valence-electron chi connectivity index (χ4n) is 3.69. The van der Waals surface area contributed by atoms with E-state index in [-0.39, 0.29) is 11.5 Å². The molecule has 0 saturated heterocycles. The molecule has 168 valence electrons. The summed E-state index contributed by atoms with van der Waals surface area (Å²) in [5, 5.41) is 7.99. The first-order valence-electron chi connectivity index (χ1n) is 10.1. The standard InChI is InChI=1S/C23H24ClN3O4S/c1-14-5-10-20(15(2)11-14)27-21(18-12-32(29,30)13-19(18)26-27)25-22(28)23(3,4)31-17-8-6-16(24)7-9-17/h5-11H,12-13H2,1-4H3,(H,25,28). The Bertz CT molecular complexity index is 1310. The van der Waals surface area contributed by atoms with Gasteiger partial charge in [0.05, 0.1) is 22.9 Å². The highest BCUT2D eigenvalue weighted by atomic mass is 35.5. The summed E-state index contributed by atoms with van der Waals surface area (Å²) in [7, 11) is -3.30. The Morgan fingerprint density at radius 1 is 1.12 bits per heavy atom. The first kappa shape index (κ1) is 22.4. The predicted molar refractivity (Wildman–Crippen MR) is 124 cm³/mol. The second-order valence-corrected chi connectivity index (χ2v) is 11.0. The largest absolute Gasteiger partial charge is 0.478 e. The van der Waals surface area contributed by atoms with Gasteiger partial charge in [-0.05, 0) is 63.6 Å². The lowest BCUT2D eigenvalue weighted by Crippen LogP contribution is -2.43. The molecule has 1 amide bonds. The van der Waals surface area contributed by atoms with Gasteiger partial charge >= 0.3 is 0 Å². The number of rotatable bonds is 5. The summed E-state index contributed by atoms with van der Waals surface area (Å²) in [4.78, 5) is 13.2. The minimum absolute atomic E-state index is 0.145. The molecule has 0 spiro atoms. The molecule has 2 aromatic carbocycles. The lowest BCUT2D eigenvalue weighted by molar-refractivity contribution is -0.128.